The molecule has 1 aromatic carbocycles. The van der Waals surface area contributed by atoms with E-state index in [9.17, 15) is 14.0 Å². The number of hydrogen-bond donors (Lipinski definition) is 3. The summed E-state index contributed by atoms with van der Waals surface area (Å²) >= 11 is 0.579. The van der Waals surface area contributed by atoms with Crippen LogP contribution >= 0.6 is 11.5 Å². The summed E-state index contributed by atoms with van der Waals surface area (Å²) in [5.74, 6) is 0.222. The SMILES string of the molecule is COc1cc(C(=O)NC2CCN(C)CC2)ccc1Nc1ncc(C(C)=O)c(Nc2nsc(F)n2)n1. The van der Waals surface area contributed by atoms with Gasteiger partial charge in [-0.3, -0.25) is 9.59 Å². The molecule has 0 unspecified atom stereocenters. The lowest BCUT2D eigenvalue weighted by Crippen LogP contribution is -2.43. The van der Waals surface area contributed by atoms with Gasteiger partial charge in [0.25, 0.3) is 11.2 Å². The second-order valence-electron chi connectivity index (χ2n) is 8.10. The van der Waals surface area contributed by atoms with Crippen LogP contribution in [-0.4, -0.2) is 69.2 Å². The molecule has 13 heteroatoms. The van der Waals surface area contributed by atoms with Crippen LogP contribution in [0.2, 0.25) is 0 Å². The number of anilines is 4. The zero-order valence-electron chi connectivity index (χ0n) is 19.5. The van der Waals surface area contributed by atoms with E-state index in [4.69, 9.17) is 4.74 Å². The molecule has 3 aromatic rings. The van der Waals surface area contributed by atoms with Gasteiger partial charge in [-0.15, -0.1) is 0 Å². The van der Waals surface area contributed by atoms with Gasteiger partial charge in [0, 0.05) is 29.3 Å². The van der Waals surface area contributed by atoms with Crippen molar-refractivity contribution >= 4 is 46.6 Å². The van der Waals surface area contributed by atoms with Crippen molar-refractivity contribution < 1.29 is 18.7 Å². The summed E-state index contributed by atoms with van der Waals surface area (Å²) in [6.45, 7) is 3.26. The number of nitrogens with zero attached hydrogens (tertiary/aromatic N) is 5. The first-order valence-electron chi connectivity index (χ1n) is 10.9. The second kappa shape index (κ2) is 10.7. The molecule has 1 saturated heterocycles. The average molecular weight is 501 g/mol. The lowest BCUT2D eigenvalue weighted by atomic mass is 10.0. The molecule has 1 amide bonds. The van der Waals surface area contributed by atoms with E-state index in [0.29, 0.717) is 28.5 Å². The summed E-state index contributed by atoms with van der Waals surface area (Å²) in [6, 6.07) is 5.15. The number of amides is 1. The van der Waals surface area contributed by atoms with Crippen LogP contribution < -0.4 is 20.7 Å². The van der Waals surface area contributed by atoms with E-state index in [1.807, 2.05) is 0 Å². The van der Waals surface area contributed by atoms with E-state index in [0.717, 1.165) is 25.9 Å². The number of Topliss-reactive ketones (excluding diaryl/α,β-unsaturated/α-hetero) is 1. The van der Waals surface area contributed by atoms with E-state index < -0.39 is 5.26 Å². The molecule has 1 aliphatic rings. The first-order valence-corrected chi connectivity index (χ1v) is 11.7. The molecule has 3 N–H and O–H groups in total. The molecule has 4 rings (SSSR count). The maximum absolute atomic E-state index is 13.2. The number of ether oxygens (including phenoxy) is 1. The molecule has 1 aliphatic heterocycles. The number of benzene rings is 1. The molecule has 0 bridgehead atoms. The van der Waals surface area contributed by atoms with Gasteiger partial charge >= 0.3 is 0 Å². The molecule has 184 valence electrons. The molecule has 0 spiro atoms. The van der Waals surface area contributed by atoms with Crippen LogP contribution in [0.25, 0.3) is 0 Å². The Morgan fingerprint density at radius 3 is 2.60 bits per heavy atom. The summed E-state index contributed by atoms with van der Waals surface area (Å²) < 4.78 is 22.5. The normalized spacial score (nSPS) is 14.4. The number of likely N-dealkylation sites (tertiary alicyclic amines) is 1. The average Bonchev–Trinajstić information content (AvgIpc) is 3.25. The van der Waals surface area contributed by atoms with Crippen molar-refractivity contribution in [3.63, 3.8) is 0 Å². The number of rotatable bonds is 8. The predicted molar refractivity (Wildman–Crippen MR) is 129 cm³/mol. The second-order valence-corrected chi connectivity index (χ2v) is 8.80. The predicted octanol–water partition coefficient (Wildman–Crippen LogP) is 2.99. The Morgan fingerprint density at radius 1 is 1.17 bits per heavy atom. The Kier molecular flexibility index (Phi) is 7.46. The molecule has 1 fully saturated rings. The number of ketones is 1. The highest BCUT2D eigenvalue weighted by Crippen LogP contribution is 2.29. The van der Waals surface area contributed by atoms with Crippen LogP contribution in [-0.2, 0) is 0 Å². The monoisotopic (exact) mass is 500 g/mol. The van der Waals surface area contributed by atoms with Gasteiger partial charge in [0.2, 0.25) is 11.9 Å². The summed E-state index contributed by atoms with van der Waals surface area (Å²) in [7, 11) is 3.56. The van der Waals surface area contributed by atoms with Gasteiger partial charge in [-0.05, 0) is 58.1 Å². The lowest BCUT2D eigenvalue weighted by Gasteiger charge is -2.29. The van der Waals surface area contributed by atoms with Crippen molar-refractivity contribution in [3.05, 3.63) is 40.8 Å². The van der Waals surface area contributed by atoms with Crippen molar-refractivity contribution in [1.29, 1.82) is 0 Å². The van der Waals surface area contributed by atoms with Gasteiger partial charge in [-0.1, -0.05) is 0 Å². The van der Waals surface area contributed by atoms with Crippen LogP contribution in [0.15, 0.2) is 24.4 Å². The molecular weight excluding hydrogens is 475 g/mol. The number of methoxy groups -OCH3 is 1. The van der Waals surface area contributed by atoms with Crippen molar-refractivity contribution in [2.24, 2.45) is 0 Å². The van der Waals surface area contributed by atoms with Gasteiger partial charge in [-0.25, -0.2) is 4.98 Å². The van der Waals surface area contributed by atoms with Crippen LogP contribution in [0, 0.1) is 5.26 Å². The molecule has 2 aromatic heterocycles. The summed E-state index contributed by atoms with van der Waals surface area (Å²) in [5, 5.41) is 8.14. The van der Waals surface area contributed by atoms with Crippen molar-refractivity contribution in [3.8, 4) is 5.75 Å². The van der Waals surface area contributed by atoms with Gasteiger partial charge in [0.05, 0.1) is 18.4 Å². The van der Waals surface area contributed by atoms with Crippen LogP contribution in [0.5, 0.6) is 5.75 Å². The third-order valence-electron chi connectivity index (χ3n) is 5.56. The van der Waals surface area contributed by atoms with Gasteiger partial charge in [0.1, 0.15) is 11.6 Å². The Bertz CT molecular complexity index is 1230. The number of carbonyl (C=O) groups is 2. The van der Waals surface area contributed by atoms with E-state index >= 15 is 0 Å². The standard InChI is InChI=1S/C22H25FN8O3S/c1-12(32)15-11-24-21(27-18(15)28-22-29-20(23)35-30-22)26-16-5-4-13(10-17(16)34-3)19(33)25-14-6-8-31(2)9-7-14/h4-5,10-11,14H,6-9H2,1-3H3,(H,25,33)(H2,24,26,27,28,30). The van der Waals surface area contributed by atoms with Crippen molar-refractivity contribution in [2.75, 3.05) is 37.9 Å². The van der Waals surface area contributed by atoms with E-state index in [1.54, 1.807) is 18.2 Å². The van der Waals surface area contributed by atoms with Gasteiger partial charge in [-0.2, -0.15) is 18.7 Å². The van der Waals surface area contributed by atoms with Crippen molar-refractivity contribution in [1.82, 2.24) is 29.5 Å². The quantitative estimate of drug-likeness (QED) is 0.396. The Hall–Kier alpha value is -3.71. The van der Waals surface area contributed by atoms with Crippen LogP contribution in [0.4, 0.5) is 27.8 Å². The fourth-order valence-corrected chi connectivity index (χ4v) is 4.01. The summed E-state index contributed by atoms with van der Waals surface area (Å²) in [4.78, 5) is 39.1. The van der Waals surface area contributed by atoms with Crippen LogP contribution in [0.3, 0.4) is 0 Å². The highest BCUT2D eigenvalue weighted by atomic mass is 32.1. The Labute approximate surface area is 205 Å². The zero-order chi connectivity index (χ0) is 24.9. The third-order valence-corrected chi connectivity index (χ3v) is 6.07. The summed E-state index contributed by atoms with van der Waals surface area (Å²) in [5.41, 5.74) is 1.18. The number of carbonyl (C=O) groups excluding carboxylic acids is 2. The minimum atomic E-state index is -0.714. The number of aromatic nitrogens is 4. The molecule has 3 heterocycles. The topological polar surface area (TPSA) is 134 Å². The maximum atomic E-state index is 13.2. The minimum Gasteiger partial charge on any atom is -0.495 e. The van der Waals surface area contributed by atoms with E-state index in [-0.39, 0.29) is 41.0 Å². The molecule has 35 heavy (non-hydrogen) atoms. The van der Waals surface area contributed by atoms with Gasteiger partial charge < -0.3 is 25.6 Å². The molecular formula is C22H25FN8O3S. The summed E-state index contributed by atoms with van der Waals surface area (Å²) in [6.07, 6.45) is 3.16. The maximum Gasteiger partial charge on any atom is 0.290 e. The minimum absolute atomic E-state index is 0.0165. The van der Waals surface area contributed by atoms with E-state index in [1.165, 1.54) is 20.2 Å². The highest BCUT2D eigenvalue weighted by Gasteiger charge is 2.20. The van der Waals surface area contributed by atoms with Crippen molar-refractivity contribution in [2.45, 2.75) is 25.8 Å². The lowest BCUT2D eigenvalue weighted by molar-refractivity contribution is 0.0916. The number of hydrogen-bond acceptors (Lipinski definition) is 11. The fraction of sp³-hybridized carbons (Fsp3) is 0.364. The zero-order valence-corrected chi connectivity index (χ0v) is 20.3. The van der Waals surface area contributed by atoms with E-state index in [2.05, 4.69) is 47.2 Å². The highest BCUT2D eigenvalue weighted by molar-refractivity contribution is 7.03. The molecule has 0 radical (unpaired) electrons. The smallest absolute Gasteiger partial charge is 0.290 e. The molecule has 0 saturated carbocycles. The molecule has 11 nitrogen and oxygen atoms in total. The molecule has 0 atom stereocenters. The number of piperidine rings is 1. The fourth-order valence-electron chi connectivity index (χ4n) is 3.63. The number of halogens is 1. The Balaban J connectivity index is 1.51. The first-order chi connectivity index (χ1) is 16.8. The van der Waals surface area contributed by atoms with Crippen LogP contribution in [0.1, 0.15) is 40.5 Å². The number of nitrogens with one attached hydrogen (secondary N) is 3. The van der Waals surface area contributed by atoms with Gasteiger partial charge in [0.15, 0.2) is 5.78 Å². The Morgan fingerprint density at radius 2 is 1.94 bits per heavy atom. The largest absolute Gasteiger partial charge is 0.495 e. The molecule has 0 aliphatic carbocycles. The first kappa shape index (κ1) is 24.4. The third kappa shape index (κ3) is 6.05.